The van der Waals surface area contributed by atoms with Crippen molar-refractivity contribution >= 4 is 28.8 Å². The van der Waals surface area contributed by atoms with E-state index in [9.17, 15) is 4.79 Å². The molecule has 0 unspecified atom stereocenters. The number of benzene rings is 1. The SMILES string of the molecule is CN(C)c1cnnc(Nc2ccc(NC(=O)C34CC5CC(CC(C5)C3)C4)cc2)c1. The summed E-state index contributed by atoms with van der Waals surface area (Å²) < 4.78 is 0. The lowest BCUT2D eigenvalue weighted by Gasteiger charge is -2.55. The molecule has 2 aromatic rings. The molecule has 1 amide bonds. The lowest BCUT2D eigenvalue weighted by atomic mass is 9.49. The van der Waals surface area contributed by atoms with Crippen molar-refractivity contribution in [2.45, 2.75) is 38.5 Å². The topological polar surface area (TPSA) is 70.2 Å². The predicted octanol–water partition coefficient (Wildman–Crippen LogP) is 4.44. The maximum atomic E-state index is 13.2. The highest BCUT2D eigenvalue weighted by atomic mass is 16.2. The summed E-state index contributed by atoms with van der Waals surface area (Å²) in [4.78, 5) is 15.2. The quantitative estimate of drug-likeness (QED) is 0.788. The Balaban J connectivity index is 1.25. The third kappa shape index (κ3) is 3.56. The van der Waals surface area contributed by atoms with E-state index in [1.54, 1.807) is 6.20 Å². The Hall–Kier alpha value is -2.63. The standard InChI is InChI=1S/C23H29N5O/c1-28(2)20-10-21(27-24-14-20)25-18-3-5-19(6-4-18)26-22(29)23-11-15-7-16(12-23)9-17(8-15)13-23/h3-6,10,14-17H,7-9,11-13H2,1-2H3,(H,25,27)(H,26,29). The Morgan fingerprint density at radius 1 is 1.00 bits per heavy atom. The molecule has 152 valence electrons. The molecule has 0 atom stereocenters. The summed E-state index contributed by atoms with van der Waals surface area (Å²) in [7, 11) is 3.95. The van der Waals surface area contributed by atoms with Crippen molar-refractivity contribution in [3.63, 3.8) is 0 Å². The van der Waals surface area contributed by atoms with E-state index in [-0.39, 0.29) is 11.3 Å². The Labute approximate surface area is 172 Å². The molecular formula is C23H29N5O. The van der Waals surface area contributed by atoms with Crippen LogP contribution in [0.15, 0.2) is 36.5 Å². The Kier molecular flexibility index (Phi) is 4.45. The minimum absolute atomic E-state index is 0.117. The van der Waals surface area contributed by atoms with E-state index in [0.29, 0.717) is 5.82 Å². The van der Waals surface area contributed by atoms with E-state index >= 15 is 0 Å². The van der Waals surface area contributed by atoms with Gasteiger partial charge in [0, 0.05) is 31.5 Å². The number of rotatable bonds is 5. The zero-order chi connectivity index (χ0) is 20.0. The number of anilines is 4. The van der Waals surface area contributed by atoms with Crippen LogP contribution in [0.2, 0.25) is 0 Å². The number of hydrogen-bond acceptors (Lipinski definition) is 5. The largest absolute Gasteiger partial charge is 0.376 e. The first-order valence-corrected chi connectivity index (χ1v) is 10.7. The number of nitrogens with one attached hydrogen (secondary N) is 2. The monoisotopic (exact) mass is 391 g/mol. The molecule has 0 aliphatic heterocycles. The molecular weight excluding hydrogens is 362 g/mol. The van der Waals surface area contributed by atoms with Gasteiger partial charge >= 0.3 is 0 Å². The van der Waals surface area contributed by atoms with E-state index in [0.717, 1.165) is 54.1 Å². The first kappa shape index (κ1) is 18.4. The van der Waals surface area contributed by atoms with E-state index in [4.69, 9.17) is 0 Å². The van der Waals surface area contributed by atoms with E-state index < -0.39 is 0 Å². The Bertz CT molecular complexity index is 872. The van der Waals surface area contributed by atoms with Crippen LogP contribution in [0.1, 0.15) is 38.5 Å². The zero-order valence-corrected chi connectivity index (χ0v) is 17.2. The molecule has 4 fully saturated rings. The summed E-state index contributed by atoms with van der Waals surface area (Å²) in [5, 5.41) is 14.7. The van der Waals surface area contributed by atoms with E-state index in [1.165, 1.54) is 19.3 Å². The minimum atomic E-state index is -0.117. The molecule has 4 aliphatic carbocycles. The van der Waals surface area contributed by atoms with Crippen LogP contribution >= 0.6 is 0 Å². The second-order valence-electron chi connectivity index (χ2n) is 9.55. The number of hydrogen-bond donors (Lipinski definition) is 2. The molecule has 1 aromatic carbocycles. The minimum Gasteiger partial charge on any atom is -0.376 e. The zero-order valence-electron chi connectivity index (χ0n) is 17.2. The maximum Gasteiger partial charge on any atom is 0.230 e. The molecule has 6 heteroatoms. The molecule has 1 aromatic heterocycles. The van der Waals surface area contributed by atoms with Crippen LogP contribution in [0.3, 0.4) is 0 Å². The highest BCUT2D eigenvalue weighted by molar-refractivity contribution is 5.95. The number of amides is 1. The molecule has 0 saturated heterocycles. The fourth-order valence-corrected chi connectivity index (χ4v) is 6.10. The van der Waals surface area contributed by atoms with Gasteiger partial charge in [-0.3, -0.25) is 4.79 Å². The summed E-state index contributed by atoms with van der Waals surface area (Å²) in [5.74, 6) is 3.26. The summed E-state index contributed by atoms with van der Waals surface area (Å²) >= 11 is 0. The van der Waals surface area contributed by atoms with E-state index in [1.807, 2.05) is 49.3 Å². The van der Waals surface area contributed by atoms with Crippen molar-refractivity contribution in [2.75, 3.05) is 29.6 Å². The fourth-order valence-electron chi connectivity index (χ4n) is 6.10. The van der Waals surface area contributed by atoms with Crippen molar-refractivity contribution in [2.24, 2.45) is 23.2 Å². The van der Waals surface area contributed by atoms with Crippen molar-refractivity contribution in [3.8, 4) is 0 Å². The van der Waals surface area contributed by atoms with Crippen LogP contribution in [0.4, 0.5) is 22.9 Å². The average molecular weight is 392 g/mol. The molecule has 4 aliphatic rings. The van der Waals surface area contributed by atoms with Crippen molar-refractivity contribution in [1.29, 1.82) is 0 Å². The van der Waals surface area contributed by atoms with Gasteiger partial charge in [-0.2, -0.15) is 5.10 Å². The van der Waals surface area contributed by atoms with Crippen LogP contribution in [-0.4, -0.2) is 30.2 Å². The molecule has 6 rings (SSSR count). The summed E-state index contributed by atoms with van der Waals surface area (Å²) in [6, 6.07) is 9.82. The van der Waals surface area contributed by atoms with Crippen molar-refractivity contribution in [1.82, 2.24) is 10.2 Å². The summed E-state index contributed by atoms with van der Waals surface area (Å²) in [6.45, 7) is 0. The van der Waals surface area contributed by atoms with Crippen LogP contribution in [0, 0.1) is 23.2 Å². The van der Waals surface area contributed by atoms with Gasteiger partial charge in [-0.05, 0) is 80.5 Å². The molecule has 29 heavy (non-hydrogen) atoms. The predicted molar refractivity (Wildman–Crippen MR) is 115 cm³/mol. The van der Waals surface area contributed by atoms with Gasteiger partial charge < -0.3 is 15.5 Å². The summed E-state index contributed by atoms with van der Waals surface area (Å²) in [6.07, 6.45) is 9.05. The summed E-state index contributed by atoms with van der Waals surface area (Å²) in [5.41, 5.74) is 2.66. The maximum absolute atomic E-state index is 13.2. The van der Waals surface area contributed by atoms with Gasteiger partial charge in [0.2, 0.25) is 5.91 Å². The van der Waals surface area contributed by atoms with Crippen LogP contribution in [-0.2, 0) is 4.79 Å². The van der Waals surface area contributed by atoms with Gasteiger partial charge in [0.25, 0.3) is 0 Å². The van der Waals surface area contributed by atoms with E-state index in [2.05, 4.69) is 20.8 Å². The lowest BCUT2D eigenvalue weighted by Crippen LogP contribution is -2.51. The molecule has 4 saturated carbocycles. The Morgan fingerprint density at radius 3 is 2.17 bits per heavy atom. The highest BCUT2D eigenvalue weighted by Crippen LogP contribution is 2.60. The Morgan fingerprint density at radius 2 is 1.59 bits per heavy atom. The molecule has 1 heterocycles. The number of carbonyl (C=O) groups is 1. The average Bonchev–Trinajstić information content (AvgIpc) is 2.68. The van der Waals surface area contributed by atoms with Crippen molar-refractivity contribution < 1.29 is 4.79 Å². The van der Waals surface area contributed by atoms with Gasteiger partial charge in [-0.1, -0.05) is 0 Å². The fraction of sp³-hybridized carbons (Fsp3) is 0.522. The first-order chi connectivity index (χ1) is 14.0. The van der Waals surface area contributed by atoms with Gasteiger partial charge in [0.05, 0.1) is 17.3 Å². The third-order valence-corrected chi connectivity index (χ3v) is 7.09. The molecule has 6 nitrogen and oxygen atoms in total. The van der Waals surface area contributed by atoms with Crippen molar-refractivity contribution in [3.05, 3.63) is 36.5 Å². The molecule has 4 bridgehead atoms. The second kappa shape index (κ2) is 7.01. The lowest BCUT2D eigenvalue weighted by molar-refractivity contribution is -0.140. The third-order valence-electron chi connectivity index (χ3n) is 7.09. The molecule has 2 N–H and O–H groups in total. The normalized spacial score (nSPS) is 29.5. The smallest absolute Gasteiger partial charge is 0.230 e. The van der Waals surface area contributed by atoms with Gasteiger partial charge in [0.1, 0.15) is 0 Å². The number of aromatic nitrogens is 2. The number of nitrogens with zero attached hydrogens (tertiary/aromatic N) is 3. The molecule has 0 spiro atoms. The molecule has 0 radical (unpaired) electrons. The van der Waals surface area contributed by atoms with Gasteiger partial charge in [-0.15, -0.1) is 5.10 Å². The highest BCUT2D eigenvalue weighted by Gasteiger charge is 2.54. The van der Waals surface area contributed by atoms with Crippen LogP contribution in [0.25, 0.3) is 0 Å². The van der Waals surface area contributed by atoms with Gasteiger partial charge in [-0.25, -0.2) is 0 Å². The second-order valence-corrected chi connectivity index (χ2v) is 9.55. The first-order valence-electron chi connectivity index (χ1n) is 10.7. The van der Waals surface area contributed by atoms with Gasteiger partial charge in [0.15, 0.2) is 5.82 Å². The van der Waals surface area contributed by atoms with Crippen LogP contribution in [0.5, 0.6) is 0 Å². The number of carbonyl (C=O) groups excluding carboxylic acids is 1. The van der Waals surface area contributed by atoms with Crippen LogP contribution < -0.4 is 15.5 Å².